The lowest BCUT2D eigenvalue weighted by Gasteiger charge is -1.94. The number of unbranched alkanes of at least 4 members (excludes halogenated alkanes) is 7. The number of allylic oxidation sites excluding steroid dienone is 4. The summed E-state index contributed by atoms with van der Waals surface area (Å²) in [6.07, 6.45) is 22.5. The standard InChI is InChI=1S/C16H30/c1-3-5-7-9-11-13-15-16-14-12-10-8-6-4-2/h9-12H,3-8,13-16H2,1-2H3. The summed E-state index contributed by atoms with van der Waals surface area (Å²) < 4.78 is 0. The zero-order chi connectivity index (χ0) is 11.9. The minimum Gasteiger partial charge on any atom is -0.0885 e. The minimum atomic E-state index is 1.27. The third-order valence-electron chi connectivity index (χ3n) is 2.77. The van der Waals surface area contributed by atoms with E-state index in [4.69, 9.17) is 0 Å². The van der Waals surface area contributed by atoms with Crippen molar-refractivity contribution in [2.24, 2.45) is 0 Å². The van der Waals surface area contributed by atoms with E-state index in [0.29, 0.717) is 0 Å². The average molecular weight is 222 g/mol. The van der Waals surface area contributed by atoms with Crippen molar-refractivity contribution in [3.8, 4) is 0 Å². The lowest BCUT2D eigenvalue weighted by Crippen LogP contribution is -1.74. The minimum absolute atomic E-state index is 1.27. The molecule has 0 heteroatoms. The highest BCUT2D eigenvalue weighted by molar-refractivity contribution is 4.83. The zero-order valence-corrected chi connectivity index (χ0v) is 11.4. The van der Waals surface area contributed by atoms with Gasteiger partial charge in [-0.3, -0.25) is 0 Å². The quantitative estimate of drug-likeness (QED) is 0.295. The Bertz CT molecular complexity index is 145. The summed E-state index contributed by atoms with van der Waals surface area (Å²) in [5.74, 6) is 0. The predicted molar refractivity (Wildman–Crippen MR) is 75.8 cm³/mol. The van der Waals surface area contributed by atoms with Gasteiger partial charge in [-0.1, -0.05) is 63.8 Å². The van der Waals surface area contributed by atoms with Crippen molar-refractivity contribution >= 4 is 0 Å². The van der Waals surface area contributed by atoms with Crippen LogP contribution in [0.5, 0.6) is 0 Å². The van der Waals surface area contributed by atoms with Crippen LogP contribution in [0.4, 0.5) is 0 Å². The lowest BCUT2D eigenvalue weighted by atomic mass is 10.1. The van der Waals surface area contributed by atoms with E-state index < -0.39 is 0 Å². The van der Waals surface area contributed by atoms with Gasteiger partial charge in [0.05, 0.1) is 0 Å². The van der Waals surface area contributed by atoms with Crippen LogP contribution in [-0.2, 0) is 0 Å². The Balaban J connectivity index is 3.08. The van der Waals surface area contributed by atoms with Crippen molar-refractivity contribution in [1.29, 1.82) is 0 Å². The second-order valence-corrected chi connectivity index (χ2v) is 4.51. The maximum atomic E-state index is 2.36. The Hall–Kier alpha value is -0.520. The molecule has 0 unspecified atom stereocenters. The SMILES string of the molecule is CCCCC=CCCCCC=CCCCC. The molecule has 0 aromatic rings. The molecule has 0 aliphatic carbocycles. The molecular weight excluding hydrogens is 192 g/mol. The van der Waals surface area contributed by atoms with E-state index in [1.807, 2.05) is 0 Å². The van der Waals surface area contributed by atoms with E-state index in [2.05, 4.69) is 38.2 Å². The van der Waals surface area contributed by atoms with Crippen LogP contribution in [0.2, 0.25) is 0 Å². The summed E-state index contributed by atoms with van der Waals surface area (Å²) in [7, 11) is 0. The molecule has 0 bridgehead atoms. The van der Waals surface area contributed by atoms with Crippen molar-refractivity contribution in [1.82, 2.24) is 0 Å². The highest BCUT2D eigenvalue weighted by Gasteiger charge is 1.84. The first-order valence-electron chi connectivity index (χ1n) is 7.21. The Morgan fingerprint density at radius 1 is 0.500 bits per heavy atom. The van der Waals surface area contributed by atoms with Gasteiger partial charge in [-0.2, -0.15) is 0 Å². The summed E-state index contributed by atoms with van der Waals surface area (Å²) in [4.78, 5) is 0. The highest BCUT2D eigenvalue weighted by Crippen LogP contribution is 2.04. The van der Waals surface area contributed by atoms with Gasteiger partial charge in [0.15, 0.2) is 0 Å². The molecule has 0 heterocycles. The number of hydrogen-bond donors (Lipinski definition) is 0. The van der Waals surface area contributed by atoms with Crippen LogP contribution in [0.3, 0.4) is 0 Å². The molecule has 0 aliphatic heterocycles. The third-order valence-corrected chi connectivity index (χ3v) is 2.77. The third kappa shape index (κ3) is 13.5. The molecular formula is C16H30. The maximum Gasteiger partial charge on any atom is -0.0351 e. The van der Waals surface area contributed by atoms with Crippen LogP contribution in [-0.4, -0.2) is 0 Å². The molecule has 0 nitrogen and oxygen atoms in total. The molecule has 0 spiro atoms. The molecule has 16 heavy (non-hydrogen) atoms. The maximum absolute atomic E-state index is 2.36. The molecule has 0 radical (unpaired) electrons. The van der Waals surface area contributed by atoms with E-state index in [-0.39, 0.29) is 0 Å². The first-order valence-corrected chi connectivity index (χ1v) is 7.21. The van der Waals surface area contributed by atoms with Crippen molar-refractivity contribution in [2.45, 2.75) is 78.1 Å². The summed E-state index contributed by atoms with van der Waals surface area (Å²) in [6.45, 7) is 4.50. The summed E-state index contributed by atoms with van der Waals surface area (Å²) in [5.41, 5.74) is 0. The van der Waals surface area contributed by atoms with Crippen molar-refractivity contribution in [3.63, 3.8) is 0 Å². The monoisotopic (exact) mass is 222 g/mol. The fourth-order valence-electron chi connectivity index (χ4n) is 1.64. The van der Waals surface area contributed by atoms with Crippen LogP contribution in [0, 0.1) is 0 Å². The molecule has 0 fully saturated rings. The number of rotatable bonds is 11. The van der Waals surface area contributed by atoms with E-state index in [9.17, 15) is 0 Å². The topological polar surface area (TPSA) is 0 Å². The first-order chi connectivity index (χ1) is 7.91. The lowest BCUT2D eigenvalue weighted by molar-refractivity contribution is 0.751. The van der Waals surface area contributed by atoms with Crippen LogP contribution >= 0.6 is 0 Å². The van der Waals surface area contributed by atoms with Gasteiger partial charge < -0.3 is 0 Å². The molecule has 0 amide bonds. The van der Waals surface area contributed by atoms with E-state index in [0.717, 1.165) is 0 Å². The summed E-state index contributed by atoms with van der Waals surface area (Å²) >= 11 is 0. The molecule has 0 rings (SSSR count). The first kappa shape index (κ1) is 15.5. The molecule has 0 saturated heterocycles. The summed E-state index contributed by atoms with van der Waals surface area (Å²) in [6, 6.07) is 0. The Labute approximate surface area is 103 Å². The molecule has 0 aromatic heterocycles. The fourth-order valence-corrected chi connectivity index (χ4v) is 1.64. The van der Waals surface area contributed by atoms with E-state index in [1.165, 1.54) is 64.2 Å². The van der Waals surface area contributed by atoms with Crippen LogP contribution in [0.1, 0.15) is 78.1 Å². The van der Waals surface area contributed by atoms with Gasteiger partial charge >= 0.3 is 0 Å². The molecule has 0 aromatic carbocycles. The van der Waals surface area contributed by atoms with Gasteiger partial charge in [-0.15, -0.1) is 0 Å². The van der Waals surface area contributed by atoms with Crippen molar-refractivity contribution in [3.05, 3.63) is 24.3 Å². The summed E-state index contributed by atoms with van der Waals surface area (Å²) in [5, 5.41) is 0. The van der Waals surface area contributed by atoms with Crippen LogP contribution in [0.25, 0.3) is 0 Å². The van der Waals surface area contributed by atoms with Crippen molar-refractivity contribution < 1.29 is 0 Å². The second-order valence-electron chi connectivity index (χ2n) is 4.51. The number of hydrogen-bond acceptors (Lipinski definition) is 0. The molecule has 0 saturated carbocycles. The Kier molecular flexibility index (Phi) is 14.0. The van der Waals surface area contributed by atoms with Gasteiger partial charge in [0, 0.05) is 0 Å². The van der Waals surface area contributed by atoms with Gasteiger partial charge in [0.1, 0.15) is 0 Å². The Morgan fingerprint density at radius 2 is 0.812 bits per heavy atom. The zero-order valence-electron chi connectivity index (χ0n) is 11.4. The predicted octanol–water partition coefficient (Wildman–Crippen LogP) is 6.04. The smallest absolute Gasteiger partial charge is 0.0351 e. The van der Waals surface area contributed by atoms with E-state index >= 15 is 0 Å². The van der Waals surface area contributed by atoms with Gasteiger partial charge in [0.2, 0.25) is 0 Å². The van der Waals surface area contributed by atoms with Gasteiger partial charge in [-0.25, -0.2) is 0 Å². The molecule has 0 aliphatic rings. The highest BCUT2D eigenvalue weighted by atomic mass is 13.9. The Morgan fingerprint density at radius 3 is 1.12 bits per heavy atom. The molecule has 0 atom stereocenters. The van der Waals surface area contributed by atoms with Crippen LogP contribution < -0.4 is 0 Å². The normalized spacial score (nSPS) is 11.9. The molecule has 94 valence electrons. The average Bonchev–Trinajstić information content (AvgIpc) is 2.31. The van der Waals surface area contributed by atoms with Crippen molar-refractivity contribution in [2.75, 3.05) is 0 Å². The second kappa shape index (κ2) is 14.5. The van der Waals surface area contributed by atoms with Gasteiger partial charge in [0.25, 0.3) is 0 Å². The van der Waals surface area contributed by atoms with E-state index in [1.54, 1.807) is 0 Å². The largest absolute Gasteiger partial charge is 0.0885 e. The van der Waals surface area contributed by atoms with Crippen LogP contribution in [0.15, 0.2) is 24.3 Å². The fraction of sp³-hybridized carbons (Fsp3) is 0.750. The van der Waals surface area contributed by atoms with Gasteiger partial charge in [-0.05, 0) is 38.5 Å². The molecule has 0 N–H and O–H groups in total.